The Hall–Kier alpha value is -2.51. The number of nitrogens with zero attached hydrogens (tertiary/aromatic N) is 3. The lowest BCUT2D eigenvalue weighted by Gasteiger charge is -2.13. The second-order valence-corrected chi connectivity index (χ2v) is 8.97. The minimum absolute atomic E-state index is 0.00741. The van der Waals surface area contributed by atoms with Crippen LogP contribution < -0.4 is 10.1 Å². The van der Waals surface area contributed by atoms with Crippen molar-refractivity contribution in [2.75, 3.05) is 12.3 Å². The number of amides is 1. The molecule has 0 radical (unpaired) electrons. The lowest BCUT2D eigenvalue weighted by Crippen LogP contribution is -2.29. The molecular formula is C23H25ClN4O2S. The first kappa shape index (κ1) is 21.7. The van der Waals surface area contributed by atoms with Crippen molar-refractivity contribution in [3.63, 3.8) is 0 Å². The van der Waals surface area contributed by atoms with Gasteiger partial charge in [0.2, 0.25) is 5.91 Å². The van der Waals surface area contributed by atoms with Gasteiger partial charge < -0.3 is 10.1 Å². The highest BCUT2D eigenvalue weighted by molar-refractivity contribution is 7.99. The molecule has 1 aliphatic carbocycles. The van der Waals surface area contributed by atoms with Crippen molar-refractivity contribution in [1.29, 1.82) is 0 Å². The van der Waals surface area contributed by atoms with Crippen LogP contribution in [0.3, 0.4) is 0 Å². The van der Waals surface area contributed by atoms with E-state index in [2.05, 4.69) is 39.1 Å². The fourth-order valence-electron chi connectivity index (χ4n) is 3.26. The summed E-state index contributed by atoms with van der Waals surface area (Å²) < 4.78 is 7.94. The van der Waals surface area contributed by atoms with E-state index < -0.39 is 0 Å². The van der Waals surface area contributed by atoms with Crippen LogP contribution in [0.5, 0.6) is 5.75 Å². The average molecular weight is 457 g/mol. The molecule has 1 amide bonds. The molecule has 1 N–H and O–H groups in total. The van der Waals surface area contributed by atoms with Gasteiger partial charge in [-0.2, -0.15) is 0 Å². The summed E-state index contributed by atoms with van der Waals surface area (Å²) in [4.78, 5) is 12.4. The molecule has 1 aliphatic rings. The lowest BCUT2D eigenvalue weighted by molar-refractivity contribution is -0.118. The van der Waals surface area contributed by atoms with E-state index in [1.165, 1.54) is 17.3 Å². The normalized spacial score (nSPS) is 14.3. The maximum atomic E-state index is 12.4. The van der Waals surface area contributed by atoms with Gasteiger partial charge in [-0.1, -0.05) is 72.8 Å². The highest BCUT2D eigenvalue weighted by Gasteiger charge is 2.30. The fraction of sp³-hybridized carbons (Fsp3) is 0.348. The molecule has 4 rings (SSSR count). The molecule has 0 saturated heterocycles. The zero-order valence-electron chi connectivity index (χ0n) is 17.3. The molecule has 1 unspecified atom stereocenters. The zero-order chi connectivity index (χ0) is 21.6. The number of para-hydroxylation sites is 1. The number of carbonyl (C=O) groups excluding carboxylic acids is 1. The Morgan fingerprint density at radius 3 is 2.68 bits per heavy atom. The van der Waals surface area contributed by atoms with E-state index in [1.807, 2.05) is 36.4 Å². The number of ether oxygens (including phenoxy) is 1. The molecule has 1 atom stereocenters. The molecule has 2 aromatic carbocycles. The Labute approximate surface area is 191 Å². The van der Waals surface area contributed by atoms with Gasteiger partial charge in [0, 0.05) is 12.6 Å². The van der Waals surface area contributed by atoms with Crippen LogP contribution >= 0.6 is 23.4 Å². The van der Waals surface area contributed by atoms with Crippen molar-refractivity contribution in [3.8, 4) is 5.75 Å². The number of rotatable bonds is 10. The zero-order valence-corrected chi connectivity index (χ0v) is 18.9. The van der Waals surface area contributed by atoms with E-state index in [4.69, 9.17) is 16.3 Å². The standard InChI is InChI=1S/C23H25ClN4O2S/c1-16(17-7-3-2-4-8-17)13-25-22(29)15-31-23-27-26-21(28(23)18-11-12-18)14-30-20-10-6-5-9-19(20)24/h2-10,16,18H,11-15H2,1H3,(H,25,29). The second-order valence-electron chi connectivity index (χ2n) is 7.62. The summed E-state index contributed by atoms with van der Waals surface area (Å²) in [5.41, 5.74) is 1.21. The van der Waals surface area contributed by atoms with E-state index in [9.17, 15) is 4.79 Å². The van der Waals surface area contributed by atoms with Crippen LogP contribution in [-0.4, -0.2) is 33.0 Å². The van der Waals surface area contributed by atoms with Gasteiger partial charge in [0.15, 0.2) is 11.0 Å². The minimum Gasteiger partial charge on any atom is -0.484 e. The molecule has 31 heavy (non-hydrogen) atoms. The van der Waals surface area contributed by atoms with Crippen molar-refractivity contribution in [3.05, 3.63) is 71.0 Å². The van der Waals surface area contributed by atoms with Crippen LogP contribution in [-0.2, 0) is 11.4 Å². The number of halogens is 1. The number of hydrogen-bond acceptors (Lipinski definition) is 5. The van der Waals surface area contributed by atoms with E-state index in [-0.39, 0.29) is 18.4 Å². The average Bonchev–Trinajstić information content (AvgIpc) is 3.56. The number of benzene rings is 2. The van der Waals surface area contributed by atoms with Gasteiger partial charge in [-0.15, -0.1) is 10.2 Å². The number of nitrogens with one attached hydrogen (secondary N) is 1. The van der Waals surface area contributed by atoms with Crippen molar-refractivity contribution in [2.24, 2.45) is 0 Å². The first-order chi connectivity index (χ1) is 15.1. The third kappa shape index (κ3) is 5.80. The minimum atomic E-state index is -0.00741. The van der Waals surface area contributed by atoms with Crippen LogP contribution in [0.4, 0.5) is 0 Å². The summed E-state index contributed by atoms with van der Waals surface area (Å²) in [6.07, 6.45) is 2.18. The van der Waals surface area contributed by atoms with Gasteiger partial charge >= 0.3 is 0 Å². The van der Waals surface area contributed by atoms with Gasteiger partial charge in [0.1, 0.15) is 12.4 Å². The predicted molar refractivity (Wildman–Crippen MR) is 123 cm³/mol. The number of thioether (sulfide) groups is 1. The molecular weight excluding hydrogens is 432 g/mol. The summed E-state index contributed by atoms with van der Waals surface area (Å²) >= 11 is 7.58. The summed E-state index contributed by atoms with van der Waals surface area (Å²) in [5, 5.41) is 13.0. The molecule has 8 heteroatoms. The summed E-state index contributed by atoms with van der Waals surface area (Å²) in [6.45, 7) is 3.00. The third-order valence-corrected chi connectivity index (χ3v) is 6.40. The topological polar surface area (TPSA) is 69.0 Å². The van der Waals surface area contributed by atoms with Crippen LogP contribution in [0.15, 0.2) is 59.8 Å². The number of carbonyl (C=O) groups is 1. The first-order valence-corrected chi connectivity index (χ1v) is 11.7. The number of hydrogen-bond donors (Lipinski definition) is 1. The molecule has 1 aromatic heterocycles. The van der Waals surface area contributed by atoms with E-state index in [1.54, 1.807) is 6.07 Å². The van der Waals surface area contributed by atoms with Crippen molar-refractivity contribution in [2.45, 2.75) is 43.5 Å². The summed E-state index contributed by atoms with van der Waals surface area (Å²) in [5.74, 6) is 1.93. The van der Waals surface area contributed by atoms with Gasteiger partial charge in [-0.3, -0.25) is 9.36 Å². The Morgan fingerprint density at radius 1 is 1.19 bits per heavy atom. The van der Waals surface area contributed by atoms with Crippen molar-refractivity contribution < 1.29 is 9.53 Å². The molecule has 1 saturated carbocycles. The smallest absolute Gasteiger partial charge is 0.230 e. The van der Waals surface area contributed by atoms with Crippen LogP contribution in [0.2, 0.25) is 5.02 Å². The van der Waals surface area contributed by atoms with Gasteiger partial charge in [0.25, 0.3) is 0 Å². The van der Waals surface area contributed by atoms with Gasteiger partial charge in [-0.25, -0.2) is 0 Å². The van der Waals surface area contributed by atoms with Crippen LogP contribution in [0.1, 0.15) is 43.1 Å². The Bertz CT molecular complexity index is 1020. The second kappa shape index (κ2) is 10.2. The molecule has 0 spiro atoms. The molecule has 3 aromatic rings. The molecule has 0 aliphatic heterocycles. The van der Waals surface area contributed by atoms with E-state index in [0.29, 0.717) is 29.1 Å². The van der Waals surface area contributed by atoms with Crippen LogP contribution in [0, 0.1) is 0 Å². The van der Waals surface area contributed by atoms with Crippen LogP contribution in [0.25, 0.3) is 0 Å². The molecule has 0 bridgehead atoms. The third-order valence-electron chi connectivity index (χ3n) is 5.15. The first-order valence-electron chi connectivity index (χ1n) is 10.4. The van der Waals surface area contributed by atoms with Crippen molar-refractivity contribution in [1.82, 2.24) is 20.1 Å². The summed E-state index contributed by atoms with van der Waals surface area (Å²) in [6, 6.07) is 17.9. The Morgan fingerprint density at radius 2 is 1.94 bits per heavy atom. The molecule has 162 valence electrons. The molecule has 1 fully saturated rings. The molecule has 6 nitrogen and oxygen atoms in total. The van der Waals surface area contributed by atoms with E-state index in [0.717, 1.165) is 23.8 Å². The predicted octanol–water partition coefficient (Wildman–Crippen LogP) is 4.86. The Kier molecular flexibility index (Phi) is 7.14. The maximum Gasteiger partial charge on any atom is 0.230 e. The maximum absolute atomic E-state index is 12.4. The monoisotopic (exact) mass is 456 g/mol. The molecule has 1 heterocycles. The summed E-state index contributed by atoms with van der Waals surface area (Å²) in [7, 11) is 0. The van der Waals surface area contributed by atoms with Gasteiger partial charge in [0.05, 0.1) is 10.8 Å². The largest absolute Gasteiger partial charge is 0.484 e. The highest BCUT2D eigenvalue weighted by Crippen LogP contribution is 2.39. The lowest BCUT2D eigenvalue weighted by atomic mass is 10.0. The van der Waals surface area contributed by atoms with E-state index >= 15 is 0 Å². The SMILES string of the molecule is CC(CNC(=O)CSc1nnc(COc2ccccc2Cl)n1C1CC1)c1ccccc1. The number of aromatic nitrogens is 3. The van der Waals surface area contributed by atoms with Crippen molar-refractivity contribution >= 4 is 29.3 Å². The quantitative estimate of drug-likeness (QED) is 0.441. The highest BCUT2D eigenvalue weighted by atomic mass is 35.5. The van der Waals surface area contributed by atoms with Gasteiger partial charge in [-0.05, 0) is 36.5 Å². The fourth-order valence-corrected chi connectivity index (χ4v) is 4.30. The Balaban J connectivity index is 1.31.